The van der Waals surface area contributed by atoms with Gasteiger partial charge in [-0.2, -0.15) is 0 Å². The Hall–Kier alpha value is -1.51. The van der Waals surface area contributed by atoms with Crippen molar-refractivity contribution >= 4 is 11.6 Å². The minimum Gasteiger partial charge on any atom is -0.496 e. The Bertz CT molecular complexity index is 525. The summed E-state index contributed by atoms with van der Waals surface area (Å²) in [7, 11) is 1.63. The first-order valence-electron chi connectivity index (χ1n) is 5.76. The van der Waals surface area contributed by atoms with Crippen molar-refractivity contribution in [2.24, 2.45) is 0 Å². The van der Waals surface area contributed by atoms with Gasteiger partial charge in [-0.25, -0.2) is 0 Å². The van der Waals surface area contributed by atoms with Gasteiger partial charge in [-0.3, -0.25) is 0 Å². The molecule has 94 valence electrons. The van der Waals surface area contributed by atoms with Crippen molar-refractivity contribution in [3.8, 4) is 5.75 Å². The number of hydrogen-bond acceptors (Lipinski definition) is 2. The van der Waals surface area contributed by atoms with E-state index >= 15 is 0 Å². The van der Waals surface area contributed by atoms with Crippen LogP contribution in [0.15, 0.2) is 48.5 Å². The molecule has 2 rings (SSSR count). The summed E-state index contributed by atoms with van der Waals surface area (Å²) in [4.78, 5) is 0. The number of para-hydroxylation sites is 1. The number of aliphatic hydroxyl groups excluding tert-OH is 1. The van der Waals surface area contributed by atoms with Crippen LogP contribution in [0.4, 0.5) is 0 Å². The van der Waals surface area contributed by atoms with Crippen molar-refractivity contribution in [1.82, 2.24) is 0 Å². The fraction of sp³-hybridized carbons (Fsp3) is 0.200. The summed E-state index contributed by atoms with van der Waals surface area (Å²) in [5.74, 6) is 0.781. The molecule has 1 N–H and O–H groups in total. The van der Waals surface area contributed by atoms with Gasteiger partial charge in [-0.05, 0) is 23.3 Å². The van der Waals surface area contributed by atoms with Gasteiger partial charge in [-0.15, -0.1) is 0 Å². The molecule has 0 saturated heterocycles. The molecule has 0 heterocycles. The van der Waals surface area contributed by atoms with Gasteiger partial charge in [0.1, 0.15) is 5.75 Å². The van der Waals surface area contributed by atoms with Gasteiger partial charge in [-0.1, -0.05) is 48.0 Å². The zero-order valence-corrected chi connectivity index (χ0v) is 10.9. The third-order valence-electron chi connectivity index (χ3n) is 2.87. The standard InChI is InChI=1S/C15H15ClO2/c1-18-15-9-5-2-6-11(15)10-14(17)12-7-3-4-8-13(12)16/h2-9,14,17H,10H2,1H3. The van der Waals surface area contributed by atoms with E-state index < -0.39 is 6.10 Å². The molecule has 0 aliphatic heterocycles. The highest BCUT2D eigenvalue weighted by Gasteiger charge is 2.13. The van der Waals surface area contributed by atoms with Crippen molar-refractivity contribution in [2.45, 2.75) is 12.5 Å². The van der Waals surface area contributed by atoms with Gasteiger partial charge in [0.05, 0.1) is 13.2 Å². The predicted octanol–water partition coefficient (Wildman–Crippen LogP) is 3.62. The molecule has 2 nitrogen and oxygen atoms in total. The number of aliphatic hydroxyl groups is 1. The van der Waals surface area contributed by atoms with Crippen LogP contribution in [0.2, 0.25) is 5.02 Å². The first-order valence-corrected chi connectivity index (χ1v) is 6.14. The van der Waals surface area contributed by atoms with Gasteiger partial charge in [0.25, 0.3) is 0 Å². The lowest BCUT2D eigenvalue weighted by Crippen LogP contribution is -2.03. The van der Waals surface area contributed by atoms with Crippen LogP contribution in [0.3, 0.4) is 0 Å². The molecule has 0 aliphatic rings. The Kier molecular flexibility index (Phi) is 4.24. The van der Waals surface area contributed by atoms with Crippen LogP contribution in [0.25, 0.3) is 0 Å². The highest BCUT2D eigenvalue weighted by atomic mass is 35.5. The minimum atomic E-state index is -0.630. The van der Waals surface area contributed by atoms with Gasteiger partial charge >= 0.3 is 0 Å². The molecule has 0 radical (unpaired) electrons. The van der Waals surface area contributed by atoms with Crippen LogP contribution >= 0.6 is 11.6 Å². The number of benzene rings is 2. The molecule has 0 amide bonds. The van der Waals surface area contributed by atoms with Gasteiger partial charge in [0, 0.05) is 11.4 Å². The zero-order valence-electron chi connectivity index (χ0n) is 10.1. The minimum absolute atomic E-state index is 0.480. The first kappa shape index (κ1) is 12.9. The summed E-state index contributed by atoms with van der Waals surface area (Å²) >= 11 is 6.07. The lowest BCUT2D eigenvalue weighted by molar-refractivity contribution is 0.177. The number of methoxy groups -OCH3 is 1. The smallest absolute Gasteiger partial charge is 0.122 e. The van der Waals surface area contributed by atoms with E-state index in [1.807, 2.05) is 42.5 Å². The number of hydrogen-bond donors (Lipinski definition) is 1. The summed E-state index contributed by atoms with van der Waals surface area (Å²) in [6, 6.07) is 15.0. The van der Waals surface area contributed by atoms with Gasteiger partial charge < -0.3 is 9.84 Å². The van der Waals surface area contributed by atoms with Crippen molar-refractivity contribution in [3.63, 3.8) is 0 Å². The van der Waals surface area contributed by atoms with E-state index in [1.54, 1.807) is 13.2 Å². The normalized spacial score (nSPS) is 12.2. The first-order chi connectivity index (χ1) is 8.72. The Balaban J connectivity index is 2.21. The SMILES string of the molecule is COc1ccccc1CC(O)c1ccccc1Cl. The maximum Gasteiger partial charge on any atom is 0.122 e. The maximum absolute atomic E-state index is 10.2. The second-order valence-corrected chi connectivity index (χ2v) is 4.46. The van der Waals surface area contributed by atoms with Crippen molar-refractivity contribution < 1.29 is 9.84 Å². The van der Waals surface area contributed by atoms with Crippen LogP contribution in [-0.4, -0.2) is 12.2 Å². The Morgan fingerprint density at radius 3 is 2.50 bits per heavy atom. The summed E-state index contributed by atoms with van der Waals surface area (Å²) in [6.45, 7) is 0. The molecule has 0 fully saturated rings. The monoisotopic (exact) mass is 262 g/mol. The average Bonchev–Trinajstić information content (AvgIpc) is 2.39. The number of halogens is 1. The molecular weight excluding hydrogens is 248 g/mol. The molecule has 0 bridgehead atoms. The quantitative estimate of drug-likeness (QED) is 0.912. The molecule has 1 atom stereocenters. The second-order valence-electron chi connectivity index (χ2n) is 4.05. The molecular formula is C15H15ClO2. The third-order valence-corrected chi connectivity index (χ3v) is 3.21. The van der Waals surface area contributed by atoms with E-state index in [1.165, 1.54) is 0 Å². The number of ether oxygens (including phenoxy) is 1. The van der Waals surface area contributed by atoms with Crippen molar-refractivity contribution in [3.05, 3.63) is 64.7 Å². The Morgan fingerprint density at radius 1 is 1.11 bits per heavy atom. The molecule has 0 spiro atoms. The lowest BCUT2D eigenvalue weighted by atomic mass is 10.0. The van der Waals surface area contributed by atoms with E-state index in [2.05, 4.69) is 0 Å². The van der Waals surface area contributed by atoms with E-state index in [9.17, 15) is 5.11 Å². The van der Waals surface area contributed by atoms with Gasteiger partial charge in [0.2, 0.25) is 0 Å². The van der Waals surface area contributed by atoms with Crippen LogP contribution in [-0.2, 0) is 6.42 Å². The van der Waals surface area contributed by atoms with Crippen molar-refractivity contribution in [1.29, 1.82) is 0 Å². The van der Waals surface area contributed by atoms with Crippen LogP contribution in [0.5, 0.6) is 5.75 Å². The molecule has 1 unspecified atom stereocenters. The van der Waals surface area contributed by atoms with E-state index in [4.69, 9.17) is 16.3 Å². The van der Waals surface area contributed by atoms with Crippen molar-refractivity contribution in [2.75, 3.05) is 7.11 Å². The Morgan fingerprint density at radius 2 is 1.78 bits per heavy atom. The zero-order chi connectivity index (χ0) is 13.0. The summed E-state index contributed by atoms with van der Waals surface area (Å²) in [5.41, 5.74) is 1.71. The van der Waals surface area contributed by atoms with Crippen LogP contribution in [0, 0.1) is 0 Å². The molecule has 3 heteroatoms. The molecule has 18 heavy (non-hydrogen) atoms. The maximum atomic E-state index is 10.2. The average molecular weight is 263 g/mol. The summed E-state index contributed by atoms with van der Waals surface area (Å²) < 4.78 is 5.27. The highest BCUT2D eigenvalue weighted by molar-refractivity contribution is 6.31. The van der Waals surface area contributed by atoms with E-state index in [0.29, 0.717) is 11.4 Å². The topological polar surface area (TPSA) is 29.5 Å². The largest absolute Gasteiger partial charge is 0.496 e. The second kappa shape index (κ2) is 5.89. The lowest BCUT2D eigenvalue weighted by Gasteiger charge is -2.14. The Labute approximate surface area is 112 Å². The molecule has 2 aromatic carbocycles. The third kappa shape index (κ3) is 2.84. The number of rotatable bonds is 4. The molecule has 2 aromatic rings. The summed E-state index contributed by atoms with van der Waals surface area (Å²) in [5, 5.41) is 10.8. The summed E-state index contributed by atoms with van der Waals surface area (Å²) in [6.07, 6.45) is -0.150. The van der Waals surface area contributed by atoms with E-state index in [-0.39, 0.29) is 0 Å². The highest BCUT2D eigenvalue weighted by Crippen LogP contribution is 2.28. The molecule has 0 aliphatic carbocycles. The van der Waals surface area contributed by atoms with E-state index in [0.717, 1.165) is 16.9 Å². The van der Waals surface area contributed by atoms with Crippen LogP contribution in [0.1, 0.15) is 17.2 Å². The predicted molar refractivity (Wildman–Crippen MR) is 73.1 cm³/mol. The van der Waals surface area contributed by atoms with Gasteiger partial charge in [0.15, 0.2) is 0 Å². The fourth-order valence-electron chi connectivity index (χ4n) is 1.94. The fourth-order valence-corrected chi connectivity index (χ4v) is 2.20. The molecule has 0 aromatic heterocycles. The molecule has 0 saturated carbocycles. The van der Waals surface area contributed by atoms with Crippen LogP contribution < -0.4 is 4.74 Å².